The van der Waals surface area contributed by atoms with Gasteiger partial charge in [0, 0.05) is 42.3 Å². The number of allylic oxidation sites excluding steroid dienone is 1. The Kier molecular flexibility index (Phi) is 7.38. The molecule has 9 nitrogen and oxygen atoms in total. The average molecular weight is 515 g/mol. The van der Waals surface area contributed by atoms with E-state index in [1.54, 1.807) is 4.90 Å². The van der Waals surface area contributed by atoms with E-state index in [1.165, 1.54) is 23.8 Å². The number of nitrogens with one attached hydrogen (secondary N) is 2. The number of anilines is 2. The van der Waals surface area contributed by atoms with Crippen molar-refractivity contribution in [1.29, 1.82) is 5.41 Å². The summed E-state index contributed by atoms with van der Waals surface area (Å²) in [7, 11) is 0. The molecule has 0 spiro atoms. The van der Waals surface area contributed by atoms with Crippen LogP contribution in [0.15, 0.2) is 66.2 Å². The Morgan fingerprint density at radius 1 is 1.16 bits per heavy atom. The zero-order valence-electron chi connectivity index (χ0n) is 20.0. The lowest BCUT2D eigenvalue weighted by Crippen LogP contribution is -2.42. The first kappa shape index (κ1) is 24.4. The minimum absolute atomic E-state index is 0.0316. The number of hydrogen-bond acceptors (Lipinski definition) is 9. The maximum atomic E-state index is 12.4. The lowest BCUT2D eigenvalue weighted by Gasteiger charge is -2.26. The van der Waals surface area contributed by atoms with Crippen molar-refractivity contribution in [1.82, 2.24) is 14.9 Å². The summed E-state index contributed by atoms with van der Waals surface area (Å²) in [5, 5.41) is 13.8. The number of thiophene rings is 1. The van der Waals surface area contributed by atoms with Gasteiger partial charge in [-0.2, -0.15) is 0 Å². The molecule has 0 aliphatic carbocycles. The second kappa shape index (κ2) is 11.2. The molecule has 1 saturated heterocycles. The van der Waals surface area contributed by atoms with Gasteiger partial charge in [0.05, 0.1) is 18.6 Å². The quantitative estimate of drug-likeness (QED) is 0.299. The van der Waals surface area contributed by atoms with Gasteiger partial charge >= 0.3 is 0 Å². The number of rotatable bonds is 8. The zero-order valence-corrected chi connectivity index (χ0v) is 20.8. The fraction of sp³-hybridized carbons (Fsp3) is 0.185. The third-order valence-electron chi connectivity index (χ3n) is 5.96. The Hall–Kier alpha value is -4.28. The van der Waals surface area contributed by atoms with E-state index in [9.17, 15) is 4.79 Å². The number of aromatic nitrogens is 2. The second-order valence-corrected chi connectivity index (χ2v) is 9.21. The molecular formula is C27H26N6O3S. The number of benzene rings is 2. The highest BCUT2D eigenvalue weighted by Crippen LogP contribution is 2.31. The number of fused-ring (bicyclic) bond motifs is 1. The van der Waals surface area contributed by atoms with Gasteiger partial charge in [-0.25, -0.2) is 9.97 Å². The molecule has 3 heterocycles. The second-order valence-electron chi connectivity index (χ2n) is 8.31. The highest BCUT2D eigenvalue weighted by molar-refractivity contribution is 7.16. The molecule has 0 bridgehead atoms. The van der Waals surface area contributed by atoms with E-state index in [0.717, 1.165) is 27.0 Å². The van der Waals surface area contributed by atoms with E-state index in [4.69, 9.17) is 30.6 Å². The first-order valence-corrected chi connectivity index (χ1v) is 12.7. The van der Waals surface area contributed by atoms with Gasteiger partial charge in [0.1, 0.15) is 16.4 Å². The molecule has 2 aromatic heterocycles. The van der Waals surface area contributed by atoms with Crippen LogP contribution in [0.1, 0.15) is 5.56 Å². The third kappa shape index (κ3) is 5.60. The predicted molar refractivity (Wildman–Crippen MR) is 146 cm³/mol. The molecule has 1 aliphatic heterocycles. The van der Waals surface area contributed by atoms with E-state index in [2.05, 4.69) is 5.32 Å². The predicted octanol–water partition coefficient (Wildman–Crippen LogP) is 4.29. The molecule has 0 atom stereocenters. The van der Waals surface area contributed by atoms with Gasteiger partial charge in [-0.15, -0.1) is 11.3 Å². The van der Waals surface area contributed by atoms with Crippen molar-refractivity contribution in [3.8, 4) is 17.1 Å². The number of nitrogens with zero attached hydrogens (tertiary/aromatic N) is 3. The molecule has 188 valence electrons. The van der Waals surface area contributed by atoms with Crippen LogP contribution in [0.2, 0.25) is 0 Å². The molecule has 37 heavy (non-hydrogen) atoms. The van der Waals surface area contributed by atoms with Crippen LogP contribution in [-0.2, 0) is 9.53 Å². The van der Waals surface area contributed by atoms with Crippen molar-refractivity contribution in [2.75, 3.05) is 38.2 Å². The summed E-state index contributed by atoms with van der Waals surface area (Å²) in [6, 6.07) is 17.1. The lowest BCUT2D eigenvalue weighted by molar-refractivity contribution is -0.137. The van der Waals surface area contributed by atoms with Crippen LogP contribution in [-0.4, -0.2) is 59.9 Å². The number of ether oxygens (including phenoxy) is 2. The first-order chi connectivity index (χ1) is 18.1. The van der Waals surface area contributed by atoms with Crippen molar-refractivity contribution in [2.24, 2.45) is 5.73 Å². The third-order valence-corrected chi connectivity index (χ3v) is 6.77. The van der Waals surface area contributed by atoms with Crippen LogP contribution < -0.4 is 15.8 Å². The lowest BCUT2D eigenvalue weighted by atomic mass is 10.1. The number of nitrogens with two attached hydrogens (primary N) is 1. The number of carbonyl (C=O) groups excluding carboxylic acids is 1. The molecule has 1 fully saturated rings. The molecule has 1 amide bonds. The molecule has 5 rings (SSSR count). The summed E-state index contributed by atoms with van der Waals surface area (Å²) in [5.41, 5.74) is 8.74. The first-order valence-electron chi connectivity index (χ1n) is 11.8. The maximum Gasteiger partial charge on any atom is 0.260 e. The Labute approximate surface area is 218 Å². The molecule has 10 heteroatoms. The van der Waals surface area contributed by atoms with E-state index in [-0.39, 0.29) is 12.5 Å². The van der Waals surface area contributed by atoms with Crippen molar-refractivity contribution < 1.29 is 14.3 Å². The fourth-order valence-corrected chi connectivity index (χ4v) is 4.73. The summed E-state index contributed by atoms with van der Waals surface area (Å²) < 4.78 is 11.1. The van der Waals surface area contributed by atoms with Crippen LogP contribution in [0.25, 0.3) is 27.2 Å². The van der Waals surface area contributed by atoms with E-state index < -0.39 is 0 Å². The number of carbonyl (C=O) groups is 1. The van der Waals surface area contributed by atoms with Crippen LogP contribution in [0.4, 0.5) is 11.5 Å². The number of morpholine rings is 1. The molecule has 1 aliphatic rings. The van der Waals surface area contributed by atoms with Crippen molar-refractivity contribution in [3.63, 3.8) is 0 Å². The van der Waals surface area contributed by atoms with E-state index >= 15 is 0 Å². The molecule has 4 N–H and O–H groups in total. The highest BCUT2D eigenvalue weighted by atomic mass is 32.1. The smallest absolute Gasteiger partial charge is 0.260 e. The van der Waals surface area contributed by atoms with Gasteiger partial charge in [-0.3, -0.25) is 4.79 Å². The maximum absolute atomic E-state index is 12.4. The number of amides is 1. The van der Waals surface area contributed by atoms with Gasteiger partial charge in [0.2, 0.25) is 0 Å². The van der Waals surface area contributed by atoms with Gasteiger partial charge in [0.25, 0.3) is 5.91 Å². The Morgan fingerprint density at radius 3 is 2.73 bits per heavy atom. The standard InChI is InChI=1S/C27H26N6O3S/c28-15-20(16-29)18-4-6-21(7-5-18)30-26-23-8-13-37-27(23)32-25(31-26)19-2-1-3-22(14-19)36-17-24(34)33-9-11-35-12-10-33/h1-8,13-16,28H,9-12,17,29H2,(H,30,31,32)/b20-16+,28-15?. The summed E-state index contributed by atoms with van der Waals surface area (Å²) in [6.07, 6.45) is 2.64. The molecule has 0 saturated carbocycles. The fourth-order valence-electron chi connectivity index (χ4n) is 3.96. The summed E-state index contributed by atoms with van der Waals surface area (Å²) in [4.78, 5) is 24.6. The topological polar surface area (TPSA) is 126 Å². The minimum Gasteiger partial charge on any atom is -0.484 e. The Bertz CT molecular complexity index is 1440. The number of hydrogen-bond donors (Lipinski definition) is 3. The Morgan fingerprint density at radius 2 is 1.97 bits per heavy atom. The SMILES string of the molecule is N=C/C(=C\N)c1ccc(Nc2nc(-c3cccc(OCC(=O)N4CCOCC4)c3)nc3sccc23)cc1. The van der Waals surface area contributed by atoms with Gasteiger partial charge < -0.3 is 30.8 Å². The van der Waals surface area contributed by atoms with Gasteiger partial charge in [-0.1, -0.05) is 24.3 Å². The van der Waals surface area contributed by atoms with Crippen molar-refractivity contribution >= 4 is 50.8 Å². The molecule has 4 aromatic rings. The summed E-state index contributed by atoms with van der Waals surface area (Å²) in [6.45, 7) is 2.25. The minimum atomic E-state index is -0.0582. The zero-order chi connectivity index (χ0) is 25.6. The van der Waals surface area contributed by atoms with Crippen LogP contribution in [0, 0.1) is 5.41 Å². The van der Waals surface area contributed by atoms with Gasteiger partial charge in [-0.05, 0) is 41.3 Å². The largest absolute Gasteiger partial charge is 0.484 e. The summed E-state index contributed by atoms with van der Waals surface area (Å²) >= 11 is 1.54. The molecule has 0 unspecified atom stereocenters. The van der Waals surface area contributed by atoms with Crippen molar-refractivity contribution in [2.45, 2.75) is 0 Å². The van der Waals surface area contributed by atoms with Crippen LogP contribution >= 0.6 is 11.3 Å². The monoisotopic (exact) mass is 514 g/mol. The van der Waals surface area contributed by atoms with Gasteiger partial charge in [0.15, 0.2) is 12.4 Å². The molecular weight excluding hydrogens is 488 g/mol. The highest BCUT2D eigenvalue weighted by Gasteiger charge is 2.17. The van der Waals surface area contributed by atoms with E-state index in [0.29, 0.717) is 49.3 Å². The van der Waals surface area contributed by atoms with Crippen LogP contribution in [0.5, 0.6) is 5.75 Å². The Balaban J connectivity index is 1.36. The summed E-state index contributed by atoms with van der Waals surface area (Å²) in [5.74, 6) is 1.76. The normalized spacial score (nSPS) is 13.9. The molecule has 2 aromatic carbocycles. The van der Waals surface area contributed by atoms with E-state index in [1.807, 2.05) is 60.0 Å². The molecule has 0 radical (unpaired) electrons. The van der Waals surface area contributed by atoms with Crippen LogP contribution in [0.3, 0.4) is 0 Å². The average Bonchev–Trinajstić information content (AvgIpc) is 3.43. The van der Waals surface area contributed by atoms with Crippen molar-refractivity contribution in [3.05, 3.63) is 71.7 Å².